The lowest BCUT2D eigenvalue weighted by Gasteiger charge is -2.20. The first-order valence-corrected chi connectivity index (χ1v) is 5.77. The molecule has 1 aromatic rings. The molecule has 0 bridgehead atoms. The molecule has 84 valence electrons. The van der Waals surface area contributed by atoms with Gasteiger partial charge in [-0.25, -0.2) is 0 Å². The number of rotatable bonds is 3. The average Bonchev–Trinajstić information content (AvgIpc) is 2.77. The predicted molar refractivity (Wildman–Crippen MR) is 62.0 cm³/mol. The molecule has 2 rings (SSSR count). The van der Waals surface area contributed by atoms with E-state index in [1.165, 1.54) is 12.2 Å². The van der Waals surface area contributed by atoms with Crippen LogP contribution in [-0.4, -0.2) is 12.1 Å². The molecule has 0 amide bonds. The Bertz CT molecular complexity index is 335. The van der Waals surface area contributed by atoms with Gasteiger partial charge >= 0.3 is 0 Å². The fourth-order valence-electron chi connectivity index (χ4n) is 1.91. The Hall–Kier alpha value is -0.760. The Morgan fingerprint density at radius 1 is 1.40 bits per heavy atom. The summed E-state index contributed by atoms with van der Waals surface area (Å²) < 4.78 is 5.64. The summed E-state index contributed by atoms with van der Waals surface area (Å²) in [5, 5.41) is 3.55. The topological polar surface area (TPSA) is 25.2 Å². The van der Waals surface area contributed by atoms with E-state index < -0.39 is 0 Å². The summed E-state index contributed by atoms with van der Waals surface area (Å²) in [7, 11) is 0. The van der Waals surface area contributed by atoms with Crippen molar-refractivity contribution in [3.63, 3.8) is 0 Å². The van der Waals surface area contributed by atoms with Gasteiger partial charge in [0.25, 0.3) is 0 Å². The Morgan fingerprint density at radius 3 is 2.67 bits per heavy atom. The highest BCUT2D eigenvalue weighted by Gasteiger charge is 2.40. The molecule has 0 aromatic carbocycles. The van der Waals surface area contributed by atoms with E-state index in [0.717, 1.165) is 18.2 Å². The fraction of sp³-hybridized carbons (Fsp3) is 0.692. The van der Waals surface area contributed by atoms with Crippen molar-refractivity contribution in [2.75, 3.05) is 6.54 Å². The number of hydrogen-bond donors (Lipinski definition) is 1. The summed E-state index contributed by atoms with van der Waals surface area (Å²) in [5.41, 5.74) is 0.228. The molecule has 1 saturated carbocycles. The number of aryl methyl sites for hydroxylation is 1. The molecule has 0 aliphatic heterocycles. The van der Waals surface area contributed by atoms with Crippen molar-refractivity contribution >= 4 is 0 Å². The first-order chi connectivity index (χ1) is 6.96. The highest BCUT2D eigenvalue weighted by atomic mass is 16.3. The second-order valence-corrected chi connectivity index (χ2v) is 5.68. The van der Waals surface area contributed by atoms with Gasteiger partial charge in [0.2, 0.25) is 0 Å². The molecular weight excluding hydrogens is 186 g/mol. The summed E-state index contributed by atoms with van der Waals surface area (Å²) >= 11 is 0. The maximum absolute atomic E-state index is 5.64. The van der Waals surface area contributed by atoms with Crippen molar-refractivity contribution in [3.05, 3.63) is 23.7 Å². The quantitative estimate of drug-likeness (QED) is 0.824. The lowest BCUT2D eigenvalue weighted by molar-refractivity contribution is 0.408. The van der Waals surface area contributed by atoms with E-state index >= 15 is 0 Å². The van der Waals surface area contributed by atoms with Gasteiger partial charge in [-0.3, -0.25) is 0 Å². The molecule has 2 unspecified atom stereocenters. The Kier molecular flexibility index (Phi) is 2.63. The molecule has 1 aromatic heterocycles. The lowest BCUT2D eigenvalue weighted by atomic mass is 10.1. The molecule has 1 aliphatic carbocycles. The molecule has 1 fully saturated rings. The third-order valence-corrected chi connectivity index (χ3v) is 2.94. The van der Waals surface area contributed by atoms with Gasteiger partial charge in [0, 0.05) is 11.5 Å². The molecule has 0 radical (unpaired) electrons. The number of furan rings is 1. The van der Waals surface area contributed by atoms with Crippen LogP contribution in [0.3, 0.4) is 0 Å². The Labute approximate surface area is 92.1 Å². The number of nitrogens with one attached hydrogen (secondary N) is 1. The molecule has 1 heterocycles. The summed E-state index contributed by atoms with van der Waals surface area (Å²) in [6, 6.07) is 4.18. The van der Waals surface area contributed by atoms with Crippen LogP contribution in [0.25, 0.3) is 0 Å². The van der Waals surface area contributed by atoms with Gasteiger partial charge in [-0.05, 0) is 58.7 Å². The van der Waals surface area contributed by atoms with Gasteiger partial charge in [0.05, 0.1) is 0 Å². The van der Waals surface area contributed by atoms with Gasteiger partial charge in [-0.15, -0.1) is 0 Å². The van der Waals surface area contributed by atoms with E-state index in [1.807, 2.05) is 6.92 Å². The van der Waals surface area contributed by atoms with Crippen LogP contribution in [0.5, 0.6) is 0 Å². The Morgan fingerprint density at radius 2 is 2.13 bits per heavy atom. The average molecular weight is 207 g/mol. The van der Waals surface area contributed by atoms with Crippen LogP contribution in [-0.2, 0) is 0 Å². The van der Waals surface area contributed by atoms with Crippen LogP contribution < -0.4 is 5.32 Å². The van der Waals surface area contributed by atoms with Crippen molar-refractivity contribution < 1.29 is 4.42 Å². The molecule has 2 nitrogen and oxygen atoms in total. The standard InChI is InChI=1S/C13H21NO/c1-9-5-6-12(15-9)11-7-10(11)8-14-13(2,3)4/h5-6,10-11,14H,7-8H2,1-4H3. The zero-order chi connectivity index (χ0) is 11.1. The molecule has 15 heavy (non-hydrogen) atoms. The third-order valence-electron chi connectivity index (χ3n) is 2.94. The molecular formula is C13H21NO. The van der Waals surface area contributed by atoms with E-state index in [1.54, 1.807) is 0 Å². The minimum atomic E-state index is 0.228. The van der Waals surface area contributed by atoms with E-state index in [2.05, 4.69) is 38.2 Å². The Balaban J connectivity index is 1.81. The van der Waals surface area contributed by atoms with Crippen molar-refractivity contribution in [1.82, 2.24) is 5.32 Å². The largest absolute Gasteiger partial charge is 0.466 e. The maximum atomic E-state index is 5.64. The van der Waals surface area contributed by atoms with Crippen LogP contribution in [0.2, 0.25) is 0 Å². The second kappa shape index (κ2) is 3.67. The lowest BCUT2D eigenvalue weighted by Crippen LogP contribution is -2.37. The first-order valence-electron chi connectivity index (χ1n) is 5.77. The van der Waals surface area contributed by atoms with E-state index in [-0.39, 0.29) is 5.54 Å². The molecule has 1 aliphatic rings. The highest BCUT2D eigenvalue weighted by molar-refractivity contribution is 5.18. The minimum absolute atomic E-state index is 0.228. The predicted octanol–water partition coefficient (Wildman–Crippen LogP) is 3.08. The molecule has 0 spiro atoms. The van der Waals surface area contributed by atoms with E-state index in [0.29, 0.717) is 5.92 Å². The van der Waals surface area contributed by atoms with Gasteiger partial charge in [0.1, 0.15) is 11.5 Å². The summed E-state index contributed by atoms with van der Waals surface area (Å²) in [5.74, 6) is 3.64. The van der Waals surface area contributed by atoms with Crippen LogP contribution in [0.1, 0.15) is 44.6 Å². The first kappa shape index (κ1) is 10.7. The molecule has 2 atom stereocenters. The van der Waals surface area contributed by atoms with Crippen LogP contribution >= 0.6 is 0 Å². The highest BCUT2D eigenvalue weighted by Crippen LogP contribution is 2.47. The summed E-state index contributed by atoms with van der Waals surface area (Å²) in [6.45, 7) is 9.74. The van der Waals surface area contributed by atoms with Crippen molar-refractivity contribution in [2.24, 2.45) is 5.92 Å². The number of hydrogen-bond acceptors (Lipinski definition) is 2. The molecule has 2 heteroatoms. The zero-order valence-corrected chi connectivity index (χ0v) is 10.1. The van der Waals surface area contributed by atoms with Crippen molar-refractivity contribution in [1.29, 1.82) is 0 Å². The van der Waals surface area contributed by atoms with Crippen LogP contribution in [0, 0.1) is 12.8 Å². The van der Waals surface area contributed by atoms with Crippen molar-refractivity contribution in [3.8, 4) is 0 Å². The third kappa shape index (κ3) is 2.85. The molecule has 1 N–H and O–H groups in total. The van der Waals surface area contributed by atoms with Crippen LogP contribution in [0.4, 0.5) is 0 Å². The molecule has 0 saturated heterocycles. The van der Waals surface area contributed by atoms with Crippen molar-refractivity contribution in [2.45, 2.75) is 45.6 Å². The zero-order valence-electron chi connectivity index (χ0n) is 10.1. The van der Waals surface area contributed by atoms with E-state index in [4.69, 9.17) is 4.42 Å². The second-order valence-electron chi connectivity index (χ2n) is 5.68. The van der Waals surface area contributed by atoms with E-state index in [9.17, 15) is 0 Å². The SMILES string of the molecule is Cc1ccc(C2CC2CNC(C)(C)C)o1. The fourth-order valence-corrected chi connectivity index (χ4v) is 1.91. The summed E-state index contributed by atoms with van der Waals surface area (Å²) in [6.07, 6.45) is 1.27. The summed E-state index contributed by atoms with van der Waals surface area (Å²) in [4.78, 5) is 0. The smallest absolute Gasteiger partial charge is 0.107 e. The van der Waals surface area contributed by atoms with Gasteiger partial charge in [-0.2, -0.15) is 0 Å². The monoisotopic (exact) mass is 207 g/mol. The maximum Gasteiger partial charge on any atom is 0.107 e. The van der Waals surface area contributed by atoms with Gasteiger partial charge in [-0.1, -0.05) is 0 Å². The van der Waals surface area contributed by atoms with Crippen LogP contribution in [0.15, 0.2) is 16.5 Å². The van der Waals surface area contributed by atoms with Gasteiger partial charge < -0.3 is 9.73 Å². The van der Waals surface area contributed by atoms with Gasteiger partial charge in [0.15, 0.2) is 0 Å². The minimum Gasteiger partial charge on any atom is -0.466 e. The normalized spacial score (nSPS) is 25.6.